The van der Waals surface area contributed by atoms with Crippen LogP contribution in [0.4, 0.5) is 10.1 Å². The molecule has 0 saturated carbocycles. The summed E-state index contributed by atoms with van der Waals surface area (Å²) >= 11 is 6.28. The molecule has 2 aromatic carbocycles. The molecule has 0 atom stereocenters. The first-order valence-electron chi connectivity index (χ1n) is 8.61. The smallest absolute Gasteiger partial charge is 0.339 e. The molecular weight excluding hydrogens is 431 g/mol. The number of aromatic carboxylic acids is 1. The van der Waals surface area contributed by atoms with E-state index in [4.69, 9.17) is 17.3 Å². The fourth-order valence-corrected chi connectivity index (χ4v) is 3.98. The van der Waals surface area contributed by atoms with Crippen molar-refractivity contribution in [2.24, 2.45) is 0 Å². The van der Waals surface area contributed by atoms with E-state index in [0.717, 1.165) is 17.8 Å². The number of halogens is 1. The van der Waals surface area contributed by atoms with Gasteiger partial charge >= 0.3 is 5.97 Å². The third-order valence-electron chi connectivity index (χ3n) is 4.09. The van der Waals surface area contributed by atoms with Crippen LogP contribution in [0.2, 0.25) is 0 Å². The molecule has 1 fully saturated rings. The van der Waals surface area contributed by atoms with Gasteiger partial charge in [0.2, 0.25) is 5.91 Å². The standard InChI is InChI=1S/C20H15FN2O5S2/c21-12-3-1-2-11(8-12)9-16-18(26)23(20(29)30-16)7-6-17(25)22-13-4-5-14(19(27)28)15(24)10-13/h1-5,8-10,24H,6-7H2,(H,22,25)(H,27,28). The van der Waals surface area contributed by atoms with Crippen molar-refractivity contribution < 1.29 is 29.0 Å². The molecule has 2 amide bonds. The molecule has 1 saturated heterocycles. The third-order valence-corrected chi connectivity index (χ3v) is 5.47. The van der Waals surface area contributed by atoms with Gasteiger partial charge in [-0.1, -0.05) is 36.1 Å². The Labute approximate surface area is 180 Å². The van der Waals surface area contributed by atoms with E-state index in [1.165, 1.54) is 41.3 Å². The average molecular weight is 446 g/mol. The summed E-state index contributed by atoms with van der Waals surface area (Å²) in [5.74, 6) is -2.99. The van der Waals surface area contributed by atoms with Crippen LogP contribution in [0.3, 0.4) is 0 Å². The highest BCUT2D eigenvalue weighted by atomic mass is 32.2. The van der Waals surface area contributed by atoms with Gasteiger partial charge in [-0.3, -0.25) is 14.5 Å². The number of aromatic hydroxyl groups is 1. The minimum Gasteiger partial charge on any atom is -0.507 e. The Morgan fingerprint density at radius 1 is 1.23 bits per heavy atom. The minimum atomic E-state index is -1.29. The number of phenols is 1. The molecule has 154 valence electrons. The molecule has 0 radical (unpaired) electrons. The summed E-state index contributed by atoms with van der Waals surface area (Å²) in [7, 11) is 0. The number of thiocarbonyl (C=S) groups is 1. The molecule has 0 spiro atoms. The molecule has 0 bridgehead atoms. The van der Waals surface area contributed by atoms with Crippen molar-refractivity contribution in [1.29, 1.82) is 0 Å². The summed E-state index contributed by atoms with van der Waals surface area (Å²) in [6.45, 7) is 0.0379. The number of nitrogens with zero attached hydrogens (tertiary/aromatic N) is 1. The summed E-state index contributed by atoms with van der Waals surface area (Å²) < 4.78 is 13.6. The van der Waals surface area contributed by atoms with Gasteiger partial charge in [0.15, 0.2) is 0 Å². The molecule has 1 aliphatic rings. The number of hydrogen-bond acceptors (Lipinski definition) is 6. The molecule has 0 aromatic heterocycles. The fourth-order valence-electron chi connectivity index (χ4n) is 2.67. The number of rotatable bonds is 6. The molecule has 2 aromatic rings. The Balaban J connectivity index is 1.61. The zero-order valence-electron chi connectivity index (χ0n) is 15.3. The van der Waals surface area contributed by atoms with Crippen LogP contribution in [-0.2, 0) is 9.59 Å². The highest BCUT2D eigenvalue weighted by Gasteiger charge is 2.32. The van der Waals surface area contributed by atoms with Crippen LogP contribution in [0.1, 0.15) is 22.3 Å². The van der Waals surface area contributed by atoms with Crippen molar-refractivity contribution in [2.45, 2.75) is 6.42 Å². The van der Waals surface area contributed by atoms with Gasteiger partial charge < -0.3 is 15.5 Å². The highest BCUT2D eigenvalue weighted by molar-refractivity contribution is 8.26. The van der Waals surface area contributed by atoms with Crippen LogP contribution in [0, 0.1) is 5.82 Å². The molecule has 10 heteroatoms. The molecule has 1 aliphatic heterocycles. The second-order valence-corrected chi connectivity index (χ2v) is 7.90. The highest BCUT2D eigenvalue weighted by Crippen LogP contribution is 2.32. The van der Waals surface area contributed by atoms with Crippen LogP contribution >= 0.6 is 24.0 Å². The molecule has 30 heavy (non-hydrogen) atoms. The summed E-state index contributed by atoms with van der Waals surface area (Å²) in [4.78, 5) is 37.3. The van der Waals surface area contributed by atoms with E-state index in [1.807, 2.05) is 0 Å². The number of carboxylic acid groups (broad SMARTS) is 1. The number of carboxylic acids is 1. The molecule has 0 unspecified atom stereocenters. The van der Waals surface area contributed by atoms with Gasteiger partial charge in [-0.15, -0.1) is 0 Å². The Morgan fingerprint density at radius 3 is 2.67 bits per heavy atom. The molecule has 7 nitrogen and oxygen atoms in total. The van der Waals surface area contributed by atoms with Gasteiger partial charge in [0.05, 0.1) is 4.91 Å². The van der Waals surface area contributed by atoms with Crippen molar-refractivity contribution in [1.82, 2.24) is 4.90 Å². The quantitative estimate of drug-likeness (QED) is 0.461. The molecule has 0 aliphatic carbocycles. The second-order valence-electron chi connectivity index (χ2n) is 6.22. The van der Waals surface area contributed by atoms with Crippen molar-refractivity contribution in [3.8, 4) is 5.75 Å². The number of thioether (sulfide) groups is 1. The van der Waals surface area contributed by atoms with E-state index in [0.29, 0.717) is 14.8 Å². The van der Waals surface area contributed by atoms with E-state index in [2.05, 4.69) is 5.32 Å². The average Bonchev–Trinajstić information content (AvgIpc) is 2.93. The van der Waals surface area contributed by atoms with Gasteiger partial charge in [-0.25, -0.2) is 9.18 Å². The number of nitrogens with one attached hydrogen (secondary N) is 1. The first-order chi connectivity index (χ1) is 14.2. The third kappa shape index (κ3) is 5.02. The Hall–Kier alpha value is -3.24. The van der Waals surface area contributed by atoms with Gasteiger partial charge in [0.1, 0.15) is 21.5 Å². The van der Waals surface area contributed by atoms with Crippen LogP contribution in [-0.4, -0.2) is 43.8 Å². The molecule has 3 rings (SSSR count). The maximum Gasteiger partial charge on any atom is 0.339 e. The van der Waals surface area contributed by atoms with E-state index in [-0.39, 0.29) is 30.1 Å². The summed E-state index contributed by atoms with van der Waals surface area (Å²) in [5, 5.41) is 21.1. The van der Waals surface area contributed by atoms with Crippen molar-refractivity contribution in [2.75, 3.05) is 11.9 Å². The number of benzene rings is 2. The Bertz CT molecular complexity index is 1090. The monoisotopic (exact) mass is 446 g/mol. The first kappa shape index (κ1) is 21.5. The lowest BCUT2D eigenvalue weighted by Gasteiger charge is -2.14. The lowest BCUT2D eigenvalue weighted by molar-refractivity contribution is -0.122. The predicted octanol–water partition coefficient (Wildman–Crippen LogP) is 3.46. The number of carbonyl (C=O) groups excluding carboxylic acids is 2. The maximum atomic E-state index is 13.3. The van der Waals surface area contributed by atoms with E-state index < -0.39 is 23.4 Å². The lowest BCUT2D eigenvalue weighted by Crippen LogP contribution is -2.31. The summed E-state index contributed by atoms with van der Waals surface area (Å²) in [6.07, 6.45) is 1.47. The van der Waals surface area contributed by atoms with Gasteiger partial charge in [0.25, 0.3) is 5.91 Å². The largest absolute Gasteiger partial charge is 0.507 e. The number of anilines is 1. The van der Waals surface area contributed by atoms with E-state index >= 15 is 0 Å². The van der Waals surface area contributed by atoms with Crippen LogP contribution < -0.4 is 5.32 Å². The molecule has 3 N–H and O–H groups in total. The van der Waals surface area contributed by atoms with E-state index in [1.54, 1.807) is 6.07 Å². The number of amides is 2. The van der Waals surface area contributed by atoms with Crippen LogP contribution in [0.25, 0.3) is 6.08 Å². The first-order valence-corrected chi connectivity index (χ1v) is 9.84. The lowest BCUT2D eigenvalue weighted by atomic mass is 10.2. The van der Waals surface area contributed by atoms with E-state index in [9.17, 15) is 23.9 Å². The summed E-state index contributed by atoms with van der Waals surface area (Å²) in [6, 6.07) is 9.44. The normalized spacial score (nSPS) is 15.0. The Morgan fingerprint density at radius 2 is 2.00 bits per heavy atom. The van der Waals surface area contributed by atoms with Crippen molar-refractivity contribution in [3.63, 3.8) is 0 Å². The topological polar surface area (TPSA) is 107 Å². The number of carbonyl (C=O) groups is 3. The van der Waals surface area contributed by atoms with Gasteiger partial charge in [-0.2, -0.15) is 0 Å². The number of hydrogen-bond donors (Lipinski definition) is 3. The maximum absolute atomic E-state index is 13.3. The van der Waals surface area contributed by atoms with Crippen LogP contribution in [0.5, 0.6) is 5.75 Å². The van der Waals surface area contributed by atoms with Crippen molar-refractivity contribution >= 4 is 57.8 Å². The second kappa shape index (κ2) is 9.06. The zero-order chi connectivity index (χ0) is 21.8. The van der Waals surface area contributed by atoms with Crippen LogP contribution in [0.15, 0.2) is 47.4 Å². The fraction of sp³-hybridized carbons (Fsp3) is 0.100. The SMILES string of the molecule is O=C(CCN1C(=O)C(=Cc2cccc(F)c2)SC1=S)Nc1ccc(C(=O)O)c(O)c1. The predicted molar refractivity (Wildman–Crippen MR) is 115 cm³/mol. The van der Waals surface area contributed by atoms with Gasteiger partial charge in [-0.05, 0) is 35.9 Å². The Kier molecular flexibility index (Phi) is 6.48. The summed E-state index contributed by atoms with van der Waals surface area (Å²) in [5.41, 5.74) is 0.465. The zero-order valence-corrected chi connectivity index (χ0v) is 16.9. The minimum absolute atomic E-state index is 0.0379. The van der Waals surface area contributed by atoms with Gasteiger partial charge in [0, 0.05) is 24.7 Å². The molecule has 1 heterocycles. The molecular formula is C20H15FN2O5S2. The van der Waals surface area contributed by atoms with Crippen molar-refractivity contribution in [3.05, 3.63) is 64.3 Å².